The molecule has 0 rings (SSSR count). The third-order valence-corrected chi connectivity index (χ3v) is 1.06. The number of hydrogen-bond donors (Lipinski definition) is 0. The normalized spacial score (nSPS) is 7.20. The first-order chi connectivity index (χ1) is 6.97. The Hall–Kier alpha value is 0. The Morgan fingerprint density at radius 2 is 0.667 bits per heavy atom. The molecule has 0 amide bonds. The average molecular weight is 220 g/mol. The molecule has 0 aromatic carbocycles. The zero-order valence-electron chi connectivity index (χ0n) is 13.9. The third-order valence-electron chi connectivity index (χ3n) is 1.06. The second kappa shape index (κ2) is 37.0. The van der Waals surface area contributed by atoms with Crippen molar-refractivity contribution >= 4 is 0 Å². The van der Waals surface area contributed by atoms with Crippen molar-refractivity contribution in [1.82, 2.24) is 0 Å². The summed E-state index contributed by atoms with van der Waals surface area (Å²) in [5, 5.41) is 0. The Morgan fingerprint density at radius 3 is 0.667 bits per heavy atom. The summed E-state index contributed by atoms with van der Waals surface area (Å²) in [4.78, 5) is 0. The van der Waals surface area contributed by atoms with Gasteiger partial charge in [0.25, 0.3) is 0 Å². The minimum atomic E-state index is 0.542. The fraction of sp³-hybridized carbons (Fsp3) is 1.00. The van der Waals surface area contributed by atoms with Crippen molar-refractivity contribution < 1.29 is 0 Å². The van der Waals surface area contributed by atoms with Crippen LogP contribution in [-0.4, -0.2) is 0 Å². The van der Waals surface area contributed by atoms with Crippen molar-refractivity contribution in [1.29, 1.82) is 0 Å². The quantitative estimate of drug-likeness (QED) is 0.415. The van der Waals surface area contributed by atoms with Crippen LogP contribution >= 0.6 is 0 Å². The van der Waals surface area contributed by atoms with E-state index in [1.54, 1.807) is 0 Å². The van der Waals surface area contributed by atoms with Gasteiger partial charge in [-0.2, -0.15) is 0 Å². The summed E-state index contributed by atoms with van der Waals surface area (Å²) in [6.07, 6.45) is 2.52. The van der Waals surface area contributed by atoms with Crippen molar-refractivity contribution in [2.24, 2.45) is 5.41 Å². The molecule has 0 aliphatic carbocycles. The van der Waals surface area contributed by atoms with Crippen LogP contribution in [-0.2, 0) is 0 Å². The fourth-order valence-corrected chi connectivity index (χ4v) is 0. The maximum atomic E-state index is 2.24. The fourth-order valence-electron chi connectivity index (χ4n) is 0. The Bertz CT molecular complexity index is 38.5. The second-order valence-corrected chi connectivity index (χ2v) is 3.62. The Balaban J connectivity index is -0.0000000318. The van der Waals surface area contributed by atoms with Crippen LogP contribution in [0.2, 0.25) is 0 Å². The maximum Gasteiger partial charge on any atom is -0.0385 e. The highest BCUT2D eigenvalue weighted by molar-refractivity contribution is 4.55. The molecular formula is C15H40. The molecule has 0 spiro atoms. The van der Waals surface area contributed by atoms with E-state index in [1.165, 1.54) is 12.8 Å². The minimum absolute atomic E-state index is 0.542. The predicted molar refractivity (Wildman–Crippen MR) is 79.8 cm³/mol. The highest BCUT2D eigenvalue weighted by Crippen LogP contribution is 2.16. The van der Waals surface area contributed by atoms with Gasteiger partial charge in [-0.1, -0.05) is 95.9 Å². The molecule has 0 radical (unpaired) electrons. The van der Waals surface area contributed by atoms with Gasteiger partial charge in [-0.3, -0.25) is 0 Å². The van der Waals surface area contributed by atoms with Crippen LogP contribution in [0.3, 0.4) is 0 Å². The first-order valence-corrected chi connectivity index (χ1v) is 6.97. The van der Waals surface area contributed by atoms with Crippen LogP contribution in [0.4, 0.5) is 0 Å². The number of hydrogen-bond acceptors (Lipinski definition) is 0. The van der Waals surface area contributed by atoms with Gasteiger partial charge in [0.15, 0.2) is 0 Å². The van der Waals surface area contributed by atoms with Gasteiger partial charge in [0.1, 0.15) is 0 Å². The van der Waals surface area contributed by atoms with Gasteiger partial charge in [0, 0.05) is 0 Å². The largest absolute Gasteiger partial charge is 0.0683 e. The lowest BCUT2D eigenvalue weighted by Gasteiger charge is -2.12. The molecule has 0 fully saturated rings. The van der Waals surface area contributed by atoms with Gasteiger partial charge in [-0.25, -0.2) is 0 Å². The van der Waals surface area contributed by atoms with Crippen molar-refractivity contribution in [3.05, 3.63) is 0 Å². The maximum absolute atomic E-state index is 2.24. The summed E-state index contributed by atoms with van der Waals surface area (Å²) >= 11 is 0. The lowest BCUT2D eigenvalue weighted by Crippen LogP contribution is -2.00. The van der Waals surface area contributed by atoms with Crippen molar-refractivity contribution in [3.63, 3.8) is 0 Å². The molecule has 0 heteroatoms. The van der Waals surface area contributed by atoms with Crippen LogP contribution in [0.1, 0.15) is 95.9 Å². The highest BCUT2D eigenvalue weighted by atomic mass is 14.1. The minimum Gasteiger partial charge on any atom is -0.0683 e. The van der Waals surface area contributed by atoms with E-state index in [-0.39, 0.29) is 0 Å². The summed E-state index contributed by atoms with van der Waals surface area (Å²) < 4.78 is 0. The van der Waals surface area contributed by atoms with Gasteiger partial charge in [0.2, 0.25) is 0 Å². The summed E-state index contributed by atoms with van der Waals surface area (Å²) in [5.41, 5.74) is 0.542. The molecule has 0 N–H and O–H groups in total. The first kappa shape index (κ1) is 29.4. The standard InChI is InChI=1S/C6H14.C3H8.3C2H6/c1-5-6(2,3)4;1-3-2;3*1-2/h5H2,1-4H3;3H2,1-2H3;3*1-2H3. The average Bonchev–Trinajstić information content (AvgIpc) is 2.27. The molecule has 0 aliphatic heterocycles. The van der Waals surface area contributed by atoms with Gasteiger partial charge in [0.05, 0.1) is 0 Å². The molecule has 0 nitrogen and oxygen atoms in total. The van der Waals surface area contributed by atoms with Crippen LogP contribution < -0.4 is 0 Å². The first-order valence-electron chi connectivity index (χ1n) is 6.97. The zero-order valence-corrected chi connectivity index (χ0v) is 13.9. The predicted octanol–water partition coefficient (Wildman–Crippen LogP) is 6.94. The van der Waals surface area contributed by atoms with E-state index in [1.807, 2.05) is 41.5 Å². The molecule has 0 heterocycles. The molecule has 0 unspecified atom stereocenters. The van der Waals surface area contributed by atoms with E-state index in [4.69, 9.17) is 0 Å². The van der Waals surface area contributed by atoms with Crippen LogP contribution in [0.25, 0.3) is 0 Å². The Labute approximate surface area is 102 Å². The number of rotatable bonds is 0. The van der Waals surface area contributed by atoms with Crippen molar-refractivity contribution in [2.75, 3.05) is 0 Å². The molecule has 0 atom stereocenters. The smallest absolute Gasteiger partial charge is 0.0385 e. The summed E-state index contributed by atoms with van der Waals surface area (Å²) in [7, 11) is 0. The van der Waals surface area contributed by atoms with E-state index in [0.29, 0.717) is 5.41 Å². The lowest BCUT2D eigenvalue weighted by atomic mass is 9.94. The molecule has 0 aromatic heterocycles. The van der Waals surface area contributed by atoms with Gasteiger partial charge in [-0.15, -0.1) is 0 Å². The summed E-state index contributed by atoms with van der Waals surface area (Å²) in [6.45, 7) is 25.2. The molecule has 100 valence electrons. The molecule has 0 bridgehead atoms. The molecule has 0 saturated heterocycles. The lowest BCUT2D eigenvalue weighted by molar-refractivity contribution is 0.398. The van der Waals surface area contributed by atoms with E-state index >= 15 is 0 Å². The summed E-state index contributed by atoms with van der Waals surface area (Å²) in [6, 6.07) is 0. The SMILES string of the molecule is CC.CC.CC.CCC.CCC(C)(C)C. The third kappa shape index (κ3) is 224. The zero-order chi connectivity index (χ0) is 13.9. The van der Waals surface area contributed by atoms with Crippen molar-refractivity contribution in [2.45, 2.75) is 95.9 Å². The van der Waals surface area contributed by atoms with E-state index < -0.39 is 0 Å². The van der Waals surface area contributed by atoms with Crippen molar-refractivity contribution in [3.8, 4) is 0 Å². The Kier molecular flexibility index (Phi) is 72.5. The molecule has 0 saturated carbocycles. The van der Waals surface area contributed by atoms with Gasteiger partial charge in [-0.05, 0) is 5.41 Å². The van der Waals surface area contributed by atoms with E-state index in [9.17, 15) is 0 Å². The summed E-state index contributed by atoms with van der Waals surface area (Å²) in [5.74, 6) is 0. The van der Waals surface area contributed by atoms with Crippen LogP contribution in [0.15, 0.2) is 0 Å². The molecule has 15 heavy (non-hydrogen) atoms. The van der Waals surface area contributed by atoms with E-state index in [0.717, 1.165) is 0 Å². The van der Waals surface area contributed by atoms with Gasteiger partial charge < -0.3 is 0 Å². The van der Waals surface area contributed by atoms with E-state index in [2.05, 4.69) is 41.5 Å². The van der Waals surface area contributed by atoms with Crippen LogP contribution in [0, 0.1) is 5.41 Å². The monoisotopic (exact) mass is 220 g/mol. The molecule has 0 aromatic rings. The Morgan fingerprint density at radius 1 is 0.600 bits per heavy atom. The van der Waals surface area contributed by atoms with Gasteiger partial charge >= 0.3 is 0 Å². The highest BCUT2D eigenvalue weighted by Gasteiger charge is 2.03. The van der Waals surface area contributed by atoms with Crippen LogP contribution in [0.5, 0.6) is 0 Å². The second-order valence-electron chi connectivity index (χ2n) is 3.62. The topological polar surface area (TPSA) is 0 Å². The molecule has 0 aliphatic rings. The molecular weight excluding hydrogens is 180 g/mol.